The number of amides is 4. The molecule has 0 unspecified atom stereocenters. The number of aromatic hydroxyl groups is 4. The first kappa shape index (κ1) is 94.2. The predicted octanol–water partition coefficient (Wildman–Crippen LogP) is 22.7. The van der Waals surface area contributed by atoms with E-state index in [1.54, 1.807) is 42.5 Å². The van der Waals surface area contributed by atoms with Gasteiger partial charge in [-0.05, 0) is 266 Å². The van der Waals surface area contributed by atoms with Crippen LogP contribution >= 0.6 is 22.6 Å². The maximum absolute atomic E-state index is 14.1. The number of halogens is 8. The molecule has 0 spiro atoms. The minimum Gasteiger partial charge on any atom is -0.508 e. The quantitative estimate of drug-likeness (QED) is 0.0161. The standard InChI is InChI=1S/C27H24F5N3O2.C27H27F2N3O2.C27H28IN3O2.C26H27N3O2/c28-21-17(22(29)24(31)25(32)23(21)30)12-20(37)35-27-19(10-13-4-2-1-3-5-13)33-26-16-8-7-15(36)11-14(16)6-9-18(26)34-27;28-21-10-6-17(12-22(21)29)14-25(34)32-27-24(13-16-4-2-1-3-5-16)30-26-20-9-8-19(33)15-18(20)7-11-23(26)31-27;28-20-9-6-18(7-10-20)15-25(33)31-27-24(14-17-4-2-1-3-5-17)29-26-22-12-11-21(32)16-19(22)8-13-23(26)30-27;30-20-12-13-21-19(16-20)11-14-22-24(21)27-23(15-17-7-3-1-4-8-17)25(28-22)29-26(31)18-9-5-2-6-10-18/h7-8,11,13,36H,1-6,9-10,12H2,(H,34,35,37);6,8-10,12,15-16,33H,1-5,7,11,13-14H2,(H,31,32,34);6-7,9-12,16-17,32H,1-5,8,13-15H2,(H,30,31,33);2,5-6,9-10,12-13,16-17,30H,1,3-4,7-8,11,14-15H2,(H,28,29,31). The maximum atomic E-state index is 14.1. The SMILES string of the molecule is O=C(Cc1c(F)c(F)c(F)c(F)c1F)Nc1nc2c(nc1CC1CCCCC1)-c1ccc(O)cc1CC2.O=C(Cc1ccc(F)c(F)c1)Nc1nc2c(nc1CC1CCCCC1)-c1ccc(O)cc1CC2.O=C(Cc1ccc(I)cc1)Nc1nc2c(nc1CC1CCCCC1)-c1ccc(O)cc1CC2.O=C(Nc1nc2c(nc1CC1CCCCC1)-c1ccc(O)cc1CC2)c1ccccc1. The van der Waals surface area contributed by atoms with Gasteiger partial charge in [-0.2, -0.15) is 0 Å². The van der Waals surface area contributed by atoms with Gasteiger partial charge in [0.2, 0.25) is 23.5 Å². The first-order valence-electron chi connectivity index (χ1n) is 47.2. The Labute approximate surface area is 792 Å². The summed E-state index contributed by atoms with van der Waals surface area (Å²) in [6.45, 7) is 0. The molecule has 12 aromatic rings. The Morgan fingerprint density at radius 2 is 0.615 bits per heavy atom. The molecule has 8 aromatic carbocycles. The average molecular weight is 1950 g/mol. The van der Waals surface area contributed by atoms with Crippen molar-refractivity contribution in [1.82, 2.24) is 39.9 Å². The highest BCUT2D eigenvalue weighted by molar-refractivity contribution is 14.1. The first-order chi connectivity index (χ1) is 65.4. The van der Waals surface area contributed by atoms with Gasteiger partial charge in [-0.15, -0.1) is 0 Å². The molecule has 4 aromatic heterocycles. The van der Waals surface area contributed by atoms with Crippen molar-refractivity contribution in [2.45, 2.75) is 225 Å². The number of carbonyl (C=O) groups excluding carboxylic acids is 4. The summed E-state index contributed by atoms with van der Waals surface area (Å²) in [7, 11) is 0. The lowest BCUT2D eigenvalue weighted by Gasteiger charge is -2.24. The largest absolute Gasteiger partial charge is 0.508 e. The van der Waals surface area contributed by atoms with Gasteiger partial charge in [0, 0.05) is 37.0 Å². The number of aryl methyl sites for hydroxylation is 8. The lowest BCUT2D eigenvalue weighted by Crippen LogP contribution is -2.22. The van der Waals surface area contributed by atoms with E-state index in [0.29, 0.717) is 101 Å². The normalized spacial score (nSPS) is 15.5. The zero-order valence-corrected chi connectivity index (χ0v) is 77.1. The van der Waals surface area contributed by atoms with Gasteiger partial charge in [-0.1, -0.05) is 165 Å². The predicted molar refractivity (Wildman–Crippen MR) is 510 cm³/mol. The molecule has 4 saturated carbocycles. The fourth-order valence-electron chi connectivity index (χ4n) is 20.2. The van der Waals surface area contributed by atoms with E-state index >= 15 is 0 Å². The summed E-state index contributed by atoms with van der Waals surface area (Å²) in [4.78, 5) is 90.6. The van der Waals surface area contributed by atoms with Crippen molar-refractivity contribution in [3.05, 3.63) is 280 Å². The Bertz CT molecular complexity index is 6420. The minimum absolute atomic E-state index is 0.0588. The summed E-state index contributed by atoms with van der Waals surface area (Å²) in [5.41, 5.74) is 18.4. The third kappa shape index (κ3) is 23.0. The fourth-order valence-corrected chi connectivity index (χ4v) is 20.5. The van der Waals surface area contributed by atoms with Crippen molar-refractivity contribution in [2.75, 3.05) is 21.3 Å². The number of hydrogen-bond acceptors (Lipinski definition) is 16. The zero-order valence-electron chi connectivity index (χ0n) is 74.9. The summed E-state index contributed by atoms with van der Waals surface area (Å²) >= 11 is 2.27. The summed E-state index contributed by atoms with van der Waals surface area (Å²) in [5, 5.41) is 51.1. The second-order valence-electron chi connectivity index (χ2n) is 36.9. The Morgan fingerprint density at radius 3 is 0.948 bits per heavy atom. The number of rotatable bonds is 19. The topological polar surface area (TPSA) is 300 Å². The molecule has 0 aliphatic heterocycles. The monoisotopic (exact) mass is 1950 g/mol. The molecule has 0 radical (unpaired) electrons. The van der Waals surface area contributed by atoms with E-state index in [4.69, 9.17) is 34.9 Å². The molecule has 8 aliphatic rings. The third-order valence-corrected chi connectivity index (χ3v) is 27.9. The van der Waals surface area contributed by atoms with E-state index in [9.17, 15) is 70.3 Å². The number of phenols is 4. The summed E-state index contributed by atoms with van der Waals surface area (Å²) in [6.07, 6.45) is 31.4. The van der Waals surface area contributed by atoms with Crippen LogP contribution in [0.15, 0.2) is 146 Å². The van der Waals surface area contributed by atoms with Gasteiger partial charge in [0.05, 0.1) is 87.6 Å². The molecule has 698 valence electrons. The Hall–Kier alpha value is -12.6. The number of fused-ring (bicyclic) bond motifs is 12. The van der Waals surface area contributed by atoms with Crippen LogP contribution in [0.25, 0.3) is 45.0 Å². The van der Waals surface area contributed by atoms with Crippen molar-refractivity contribution in [3.63, 3.8) is 0 Å². The Morgan fingerprint density at radius 1 is 0.311 bits per heavy atom. The Kier molecular flexibility index (Phi) is 30.0. The van der Waals surface area contributed by atoms with Crippen molar-refractivity contribution < 1.29 is 70.3 Å². The number of benzene rings is 8. The van der Waals surface area contributed by atoms with Gasteiger partial charge in [-0.3, -0.25) is 19.2 Å². The second kappa shape index (κ2) is 43.0. The Balaban J connectivity index is 0.000000125. The lowest BCUT2D eigenvalue weighted by atomic mass is 9.85. The van der Waals surface area contributed by atoms with Crippen LogP contribution in [0.4, 0.5) is 54.0 Å². The van der Waals surface area contributed by atoms with Gasteiger partial charge in [0.25, 0.3) is 5.91 Å². The second-order valence-corrected chi connectivity index (χ2v) is 38.1. The molecule has 28 heteroatoms. The van der Waals surface area contributed by atoms with Crippen LogP contribution in [-0.4, -0.2) is 83.9 Å². The molecule has 4 amide bonds. The van der Waals surface area contributed by atoms with Crippen LogP contribution in [0.3, 0.4) is 0 Å². The molecule has 0 saturated heterocycles. The van der Waals surface area contributed by atoms with Crippen molar-refractivity contribution in [2.24, 2.45) is 23.7 Å². The fraction of sp³-hybridized carbons (Fsp3) is 0.364. The number of anilines is 4. The number of nitrogens with one attached hydrogen (secondary N) is 4. The molecule has 4 fully saturated rings. The molecular formula is C107H106F7IN12O8. The number of carbonyl (C=O) groups is 4. The van der Waals surface area contributed by atoms with E-state index in [-0.39, 0.29) is 53.0 Å². The van der Waals surface area contributed by atoms with E-state index in [1.165, 1.54) is 89.5 Å². The zero-order chi connectivity index (χ0) is 93.9. The van der Waals surface area contributed by atoms with E-state index in [1.807, 2.05) is 84.9 Å². The van der Waals surface area contributed by atoms with Gasteiger partial charge in [0.1, 0.15) is 23.0 Å². The molecular weight excluding hydrogens is 1840 g/mol. The molecule has 8 aliphatic carbocycles. The van der Waals surface area contributed by atoms with Gasteiger partial charge >= 0.3 is 0 Å². The van der Waals surface area contributed by atoms with Crippen LogP contribution in [0.5, 0.6) is 23.0 Å². The van der Waals surface area contributed by atoms with Crippen molar-refractivity contribution >= 4 is 69.5 Å². The highest BCUT2D eigenvalue weighted by Crippen LogP contribution is 2.43. The third-order valence-electron chi connectivity index (χ3n) is 27.2. The maximum Gasteiger partial charge on any atom is 0.256 e. The van der Waals surface area contributed by atoms with Crippen LogP contribution in [-0.2, 0) is 111 Å². The van der Waals surface area contributed by atoms with Crippen LogP contribution in [0.1, 0.15) is 223 Å². The highest BCUT2D eigenvalue weighted by atomic mass is 127. The number of hydrogen-bond donors (Lipinski definition) is 8. The van der Waals surface area contributed by atoms with Gasteiger partial charge in [0.15, 0.2) is 58.2 Å². The minimum atomic E-state index is -2.27. The molecule has 0 atom stereocenters. The van der Waals surface area contributed by atoms with Crippen molar-refractivity contribution in [3.8, 4) is 68.0 Å². The molecule has 0 bridgehead atoms. The first-order valence-corrected chi connectivity index (χ1v) is 48.3. The number of nitrogens with zero attached hydrogens (tertiary/aromatic N) is 8. The van der Waals surface area contributed by atoms with Crippen LogP contribution < -0.4 is 21.3 Å². The van der Waals surface area contributed by atoms with E-state index in [2.05, 4.69) is 48.8 Å². The molecule has 8 N–H and O–H groups in total. The van der Waals surface area contributed by atoms with Crippen LogP contribution in [0, 0.1) is 68.0 Å². The van der Waals surface area contributed by atoms with Crippen molar-refractivity contribution in [1.29, 1.82) is 0 Å². The van der Waals surface area contributed by atoms with E-state index in [0.717, 1.165) is 213 Å². The molecule has 20 nitrogen and oxygen atoms in total. The van der Waals surface area contributed by atoms with Gasteiger partial charge in [-0.25, -0.2) is 70.6 Å². The molecule has 135 heavy (non-hydrogen) atoms. The lowest BCUT2D eigenvalue weighted by molar-refractivity contribution is -0.116. The summed E-state index contributed by atoms with van der Waals surface area (Å²) in [6, 6.07) is 42.0. The average Bonchev–Trinajstić information content (AvgIpc) is 0.776. The highest BCUT2D eigenvalue weighted by Gasteiger charge is 2.34. The summed E-state index contributed by atoms with van der Waals surface area (Å²) in [5.74, 6) is -9.25. The van der Waals surface area contributed by atoms with Gasteiger partial charge < -0.3 is 41.7 Å². The molecule has 4 heterocycles. The number of phenolic OH excluding ortho intramolecular Hbond substituents is 4. The van der Waals surface area contributed by atoms with Crippen LogP contribution in [0.2, 0.25) is 0 Å². The number of aromatic nitrogens is 8. The summed E-state index contributed by atoms with van der Waals surface area (Å²) < 4.78 is 96.8. The molecule has 20 rings (SSSR count). The smallest absolute Gasteiger partial charge is 0.256 e. The van der Waals surface area contributed by atoms with E-state index < -0.39 is 58.6 Å².